The minimum Gasteiger partial charge on any atom is -0.106 e. The molecular weight excluding hydrogens is 192 g/mol. The number of hydrogen-bond donors (Lipinski definition) is 0. The SMILES string of the molecule is CC#CC1C=CC=CC1(C)c1ccccc1. The molecule has 0 N–H and O–H groups in total. The molecule has 0 radical (unpaired) electrons. The molecule has 80 valence electrons. The van der Waals surface area contributed by atoms with E-state index in [-0.39, 0.29) is 11.3 Å². The first-order chi connectivity index (χ1) is 7.77. The molecule has 2 rings (SSSR count). The number of allylic oxidation sites excluding steroid dienone is 4. The Morgan fingerprint density at radius 3 is 2.56 bits per heavy atom. The summed E-state index contributed by atoms with van der Waals surface area (Å²) in [7, 11) is 0. The van der Waals surface area contributed by atoms with E-state index in [2.05, 4.69) is 73.4 Å². The van der Waals surface area contributed by atoms with Crippen molar-refractivity contribution in [3.8, 4) is 11.8 Å². The predicted molar refractivity (Wildman–Crippen MR) is 69.0 cm³/mol. The molecule has 1 aliphatic rings. The first-order valence-corrected chi connectivity index (χ1v) is 5.61. The van der Waals surface area contributed by atoms with Crippen molar-refractivity contribution in [2.75, 3.05) is 0 Å². The van der Waals surface area contributed by atoms with Crippen LogP contribution in [0.4, 0.5) is 0 Å². The van der Waals surface area contributed by atoms with Crippen LogP contribution in [0.1, 0.15) is 19.4 Å². The van der Waals surface area contributed by atoms with Gasteiger partial charge in [-0.15, -0.1) is 5.92 Å². The van der Waals surface area contributed by atoms with Gasteiger partial charge in [0.15, 0.2) is 0 Å². The van der Waals surface area contributed by atoms with Gasteiger partial charge in [-0.2, -0.15) is 0 Å². The van der Waals surface area contributed by atoms with Crippen LogP contribution in [0.5, 0.6) is 0 Å². The first-order valence-electron chi connectivity index (χ1n) is 5.61. The highest BCUT2D eigenvalue weighted by molar-refractivity contribution is 5.40. The van der Waals surface area contributed by atoms with Crippen LogP contribution in [0.2, 0.25) is 0 Å². The van der Waals surface area contributed by atoms with E-state index in [1.165, 1.54) is 5.56 Å². The van der Waals surface area contributed by atoms with Gasteiger partial charge in [0.1, 0.15) is 0 Å². The third-order valence-electron chi connectivity index (χ3n) is 3.20. The second kappa shape index (κ2) is 4.41. The number of hydrogen-bond acceptors (Lipinski definition) is 0. The van der Waals surface area contributed by atoms with Crippen molar-refractivity contribution in [2.45, 2.75) is 19.3 Å². The normalized spacial score (nSPS) is 27.2. The summed E-state index contributed by atoms with van der Waals surface area (Å²) in [6, 6.07) is 10.6. The van der Waals surface area contributed by atoms with Gasteiger partial charge >= 0.3 is 0 Å². The molecule has 1 aliphatic carbocycles. The summed E-state index contributed by atoms with van der Waals surface area (Å²) >= 11 is 0. The molecule has 2 unspecified atom stereocenters. The lowest BCUT2D eigenvalue weighted by Crippen LogP contribution is -2.29. The van der Waals surface area contributed by atoms with Gasteiger partial charge in [0.25, 0.3) is 0 Å². The zero-order chi connectivity index (χ0) is 11.4. The van der Waals surface area contributed by atoms with Crippen LogP contribution in [0, 0.1) is 17.8 Å². The highest BCUT2D eigenvalue weighted by Gasteiger charge is 2.31. The third kappa shape index (κ3) is 1.82. The molecule has 0 fully saturated rings. The smallest absolute Gasteiger partial charge is 0.0514 e. The molecule has 16 heavy (non-hydrogen) atoms. The molecule has 0 amide bonds. The number of rotatable bonds is 1. The first kappa shape index (κ1) is 10.8. The Morgan fingerprint density at radius 2 is 1.88 bits per heavy atom. The molecule has 0 nitrogen and oxygen atoms in total. The van der Waals surface area contributed by atoms with Crippen molar-refractivity contribution < 1.29 is 0 Å². The van der Waals surface area contributed by atoms with Gasteiger partial charge < -0.3 is 0 Å². The summed E-state index contributed by atoms with van der Waals surface area (Å²) in [5, 5.41) is 0. The molecule has 0 heterocycles. The van der Waals surface area contributed by atoms with Gasteiger partial charge in [0.2, 0.25) is 0 Å². The highest BCUT2D eigenvalue weighted by Crippen LogP contribution is 2.36. The van der Waals surface area contributed by atoms with Crippen LogP contribution in [0.15, 0.2) is 54.6 Å². The fourth-order valence-electron chi connectivity index (χ4n) is 2.16. The average molecular weight is 208 g/mol. The maximum Gasteiger partial charge on any atom is 0.0514 e. The standard InChI is InChI=1S/C16H16/c1-3-9-14-12-7-8-13-16(14,2)15-10-5-4-6-11-15/h4-8,10-14H,1-2H3. The monoisotopic (exact) mass is 208 g/mol. The van der Waals surface area contributed by atoms with Crippen LogP contribution in [0.3, 0.4) is 0 Å². The zero-order valence-corrected chi connectivity index (χ0v) is 9.77. The Labute approximate surface area is 97.7 Å². The lowest BCUT2D eigenvalue weighted by atomic mass is 9.70. The fraction of sp³-hybridized carbons (Fsp3) is 0.250. The topological polar surface area (TPSA) is 0 Å². The van der Waals surface area contributed by atoms with E-state index in [0.717, 1.165) is 0 Å². The van der Waals surface area contributed by atoms with Crippen molar-refractivity contribution in [1.82, 2.24) is 0 Å². The van der Waals surface area contributed by atoms with E-state index < -0.39 is 0 Å². The van der Waals surface area contributed by atoms with Gasteiger partial charge in [-0.05, 0) is 12.5 Å². The molecular formula is C16H16. The van der Waals surface area contributed by atoms with Crippen molar-refractivity contribution >= 4 is 0 Å². The third-order valence-corrected chi connectivity index (χ3v) is 3.20. The van der Waals surface area contributed by atoms with Crippen molar-refractivity contribution in [1.29, 1.82) is 0 Å². The van der Waals surface area contributed by atoms with E-state index in [9.17, 15) is 0 Å². The summed E-state index contributed by atoms with van der Waals surface area (Å²) in [4.78, 5) is 0. The lowest BCUT2D eigenvalue weighted by Gasteiger charge is -2.32. The van der Waals surface area contributed by atoms with Crippen molar-refractivity contribution in [3.05, 3.63) is 60.2 Å². The van der Waals surface area contributed by atoms with E-state index in [4.69, 9.17) is 0 Å². The van der Waals surface area contributed by atoms with E-state index in [1.54, 1.807) is 0 Å². The summed E-state index contributed by atoms with van der Waals surface area (Å²) < 4.78 is 0. The summed E-state index contributed by atoms with van der Waals surface area (Å²) in [5.41, 5.74) is 1.32. The van der Waals surface area contributed by atoms with E-state index in [0.29, 0.717) is 0 Å². The quantitative estimate of drug-likeness (QED) is 0.617. The maximum atomic E-state index is 3.29. The summed E-state index contributed by atoms with van der Waals surface area (Å²) in [5.74, 6) is 6.58. The van der Waals surface area contributed by atoms with Crippen LogP contribution >= 0.6 is 0 Å². The van der Waals surface area contributed by atoms with Gasteiger partial charge in [-0.1, -0.05) is 67.5 Å². The Balaban J connectivity index is 2.45. The minimum atomic E-state index is -0.000972. The lowest BCUT2D eigenvalue weighted by molar-refractivity contribution is 0.511. The van der Waals surface area contributed by atoms with E-state index in [1.807, 2.05) is 6.92 Å². The molecule has 2 atom stereocenters. The summed E-state index contributed by atoms with van der Waals surface area (Å²) in [6.45, 7) is 4.15. The molecule has 0 heteroatoms. The maximum absolute atomic E-state index is 3.29. The van der Waals surface area contributed by atoms with Crippen LogP contribution in [-0.2, 0) is 5.41 Å². The molecule has 0 bridgehead atoms. The Morgan fingerprint density at radius 1 is 1.12 bits per heavy atom. The Bertz CT molecular complexity index is 468. The molecule has 0 aromatic heterocycles. The molecule has 0 spiro atoms. The predicted octanol–water partition coefficient (Wildman–Crippen LogP) is 3.71. The fourth-order valence-corrected chi connectivity index (χ4v) is 2.16. The van der Waals surface area contributed by atoms with Crippen molar-refractivity contribution in [3.63, 3.8) is 0 Å². The van der Waals surface area contributed by atoms with Gasteiger partial charge in [0.05, 0.1) is 5.92 Å². The van der Waals surface area contributed by atoms with Crippen LogP contribution in [-0.4, -0.2) is 0 Å². The Kier molecular flexibility index (Phi) is 2.97. The van der Waals surface area contributed by atoms with Crippen LogP contribution < -0.4 is 0 Å². The molecule has 0 aliphatic heterocycles. The van der Waals surface area contributed by atoms with Gasteiger partial charge in [-0.25, -0.2) is 0 Å². The second-order valence-corrected chi connectivity index (χ2v) is 4.26. The Hall–Kier alpha value is -1.74. The molecule has 0 saturated carbocycles. The van der Waals surface area contributed by atoms with Gasteiger partial charge in [0, 0.05) is 5.41 Å². The number of benzene rings is 1. The summed E-state index contributed by atoms with van der Waals surface area (Å²) in [6.07, 6.45) is 8.63. The highest BCUT2D eigenvalue weighted by atomic mass is 14.3. The minimum absolute atomic E-state index is 0.000972. The van der Waals surface area contributed by atoms with Crippen LogP contribution in [0.25, 0.3) is 0 Å². The molecule has 1 aromatic rings. The largest absolute Gasteiger partial charge is 0.106 e. The van der Waals surface area contributed by atoms with E-state index >= 15 is 0 Å². The average Bonchev–Trinajstić information content (AvgIpc) is 2.34. The molecule has 1 aromatic carbocycles. The second-order valence-electron chi connectivity index (χ2n) is 4.26. The van der Waals surface area contributed by atoms with Gasteiger partial charge in [-0.3, -0.25) is 0 Å². The van der Waals surface area contributed by atoms with Crippen molar-refractivity contribution in [2.24, 2.45) is 5.92 Å². The molecule has 0 saturated heterocycles. The zero-order valence-electron chi connectivity index (χ0n) is 9.77.